The number of piperidine rings is 1. The number of nitrogens with one attached hydrogen (secondary N) is 2. The van der Waals surface area contributed by atoms with E-state index in [4.69, 9.17) is 9.47 Å². The molecule has 2 heterocycles. The molecule has 0 spiro atoms. The SMILES string of the molecule is COCC1(C(=O)NC2(C(=O)O)CCOC2)CCNCC1. The Labute approximate surface area is 118 Å². The molecule has 2 aliphatic heterocycles. The number of carbonyl (C=O) groups excluding carboxylic acids is 1. The molecule has 0 aromatic rings. The molecule has 7 nitrogen and oxygen atoms in total. The zero-order valence-electron chi connectivity index (χ0n) is 11.7. The summed E-state index contributed by atoms with van der Waals surface area (Å²) in [6.45, 7) is 2.14. The van der Waals surface area contributed by atoms with Crippen LogP contribution in [0.4, 0.5) is 0 Å². The molecule has 0 aliphatic carbocycles. The van der Waals surface area contributed by atoms with Gasteiger partial charge in [-0.1, -0.05) is 0 Å². The Morgan fingerprint density at radius 2 is 2.05 bits per heavy atom. The summed E-state index contributed by atoms with van der Waals surface area (Å²) in [4.78, 5) is 24.1. The third-order valence-electron chi connectivity index (χ3n) is 4.25. The Hall–Kier alpha value is -1.18. The summed E-state index contributed by atoms with van der Waals surface area (Å²) in [5.74, 6) is -1.28. The van der Waals surface area contributed by atoms with Crippen molar-refractivity contribution in [1.82, 2.24) is 10.6 Å². The molecule has 1 atom stereocenters. The van der Waals surface area contributed by atoms with Crippen LogP contribution in [0.5, 0.6) is 0 Å². The summed E-state index contributed by atoms with van der Waals surface area (Å²) in [6, 6.07) is 0. The number of amides is 1. The number of carbonyl (C=O) groups is 2. The van der Waals surface area contributed by atoms with Gasteiger partial charge in [0.25, 0.3) is 0 Å². The topological polar surface area (TPSA) is 96.9 Å². The summed E-state index contributed by atoms with van der Waals surface area (Å²) in [7, 11) is 1.56. The second-order valence-electron chi connectivity index (χ2n) is 5.61. The largest absolute Gasteiger partial charge is 0.479 e. The van der Waals surface area contributed by atoms with E-state index in [2.05, 4.69) is 10.6 Å². The molecule has 0 bridgehead atoms. The van der Waals surface area contributed by atoms with Crippen molar-refractivity contribution < 1.29 is 24.2 Å². The highest BCUT2D eigenvalue weighted by atomic mass is 16.5. The summed E-state index contributed by atoms with van der Waals surface area (Å²) >= 11 is 0. The molecule has 20 heavy (non-hydrogen) atoms. The molecule has 0 aromatic heterocycles. The van der Waals surface area contributed by atoms with Gasteiger partial charge in [-0.25, -0.2) is 4.79 Å². The van der Waals surface area contributed by atoms with Crippen LogP contribution in [-0.4, -0.2) is 62.5 Å². The highest BCUT2D eigenvalue weighted by Crippen LogP contribution is 2.31. The number of carboxylic acids is 1. The van der Waals surface area contributed by atoms with Crippen LogP contribution in [0.25, 0.3) is 0 Å². The van der Waals surface area contributed by atoms with E-state index in [9.17, 15) is 14.7 Å². The van der Waals surface area contributed by atoms with E-state index in [1.807, 2.05) is 0 Å². The van der Waals surface area contributed by atoms with Gasteiger partial charge in [-0.2, -0.15) is 0 Å². The van der Waals surface area contributed by atoms with Crippen LogP contribution < -0.4 is 10.6 Å². The summed E-state index contributed by atoms with van der Waals surface area (Å²) < 4.78 is 10.4. The van der Waals surface area contributed by atoms with Crippen LogP contribution in [0.15, 0.2) is 0 Å². The van der Waals surface area contributed by atoms with Gasteiger partial charge in [0.15, 0.2) is 5.54 Å². The summed E-state index contributed by atoms with van der Waals surface area (Å²) in [6.07, 6.45) is 1.59. The van der Waals surface area contributed by atoms with Crippen molar-refractivity contribution in [2.24, 2.45) is 5.41 Å². The second-order valence-corrected chi connectivity index (χ2v) is 5.61. The van der Waals surface area contributed by atoms with E-state index in [1.165, 1.54) is 0 Å². The Balaban J connectivity index is 2.13. The van der Waals surface area contributed by atoms with Crippen molar-refractivity contribution in [3.63, 3.8) is 0 Å². The first-order valence-electron chi connectivity index (χ1n) is 6.88. The van der Waals surface area contributed by atoms with Gasteiger partial charge in [-0.05, 0) is 25.9 Å². The van der Waals surface area contributed by atoms with E-state index in [-0.39, 0.29) is 12.5 Å². The molecule has 2 rings (SSSR count). The monoisotopic (exact) mass is 286 g/mol. The van der Waals surface area contributed by atoms with Crippen LogP contribution in [0, 0.1) is 5.41 Å². The fraction of sp³-hybridized carbons (Fsp3) is 0.846. The van der Waals surface area contributed by atoms with Crippen LogP contribution in [0.3, 0.4) is 0 Å². The zero-order chi connectivity index (χ0) is 14.6. The summed E-state index contributed by atoms with van der Waals surface area (Å²) in [5.41, 5.74) is -1.94. The van der Waals surface area contributed by atoms with Crippen LogP contribution in [-0.2, 0) is 19.1 Å². The van der Waals surface area contributed by atoms with Gasteiger partial charge >= 0.3 is 5.97 Å². The number of hydrogen-bond acceptors (Lipinski definition) is 5. The van der Waals surface area contributed by atoms with Gasteiger partial charge in [0, 0.05) is 20.1 Å². The molecule has 2 saturated heterocycles. The molecule has 2 aliphatic rings. The normalized spacial score (nSPS) is 29.1. The van der Waals surface area contributed by atoms with Crippen molar-refractivity contribution in [1.29, 1.82) is 0 Å². The minimum Gasteiger partial charge on any atom is -0.479 e. The molecule has 3 N–H and O–H groups in total. The van der Waals surface area contributed by atoms with Gasteiger partial charge in [0.2, 0.25) is 5.91 Å². The van der Waals surface area contributed by atoms with E-state index < -0.39 is 16.9 Å². The molecule has 1 amide bonds. The Bertz CT molecular complexity index is 367. The average Bonchev–Trinajstić information content (AvgIpc) is 2.90. The lowest BCUT2D eigenvalue weighted by molar-refractivity contribution is -0.151. The smallest absolute Gasteiger partial charge is 0.331 e. The number of methoxy groups -OCH3 is 1. The van der Waals surface area contributed by atoms with Crippen molar-refractivity contribution >= 4 is 11.9 Å². The first-order valence-corrected chi connectivity index (χ1v) is 6.88. The molecule has 114 valence electrons. The Morgan fingerprint density at radius 3 is 2.55 bits per heavy atom. The lowest BCUT2D eigenvalue weighted by atomic mass is 9.78. The average molecular weight is 286 g/mol. The number of carboxylic acid groups (broad SMARTS) is 1. The molecule has 1 unspecified atom stereocenters. The molecular formula is C13H22N2O5. The zero-order valence-corrected chi connectivity index (χ0v) is 11.7. The number of aliphatic carboxylic acids is 1. The molecule has 0 aromatic carbocycles. The molecule has 0 saturated carbocycles. The fourth-order valence-corrected chi connectivity index (χ4v) is 2.85. The van der Waals surface area contributed by atoms with Gasteiger partial charge < -0.3 is 25.2 Å². The summed E-state index contributed by atoms with van der Waals surface area (Å²) in [5, 5.41) is 15.3. The van der Waals surface area contributed by atoms with Gasteiger partial charge in [-0.15, -0.1) is 0 Å². The lowest BCUT2D eigenvalue weighted by Gasteiger charge is -2.38. The molecule has 7 heteroatoms. The predicted molar refractivity (Wildman–Crippen MR) is 70.4 cm³/mol. The number of hydrogen-bond donors (Lipinski definition) is 3. The fourth-order valence-electron chi connectivity index (χ4n) is 2.85. The van der Waals surface area contributed by atoms with E-state index in [0.717, 1.165) is 13.1 Å². The van der Waals surface area contributed by atoms with Crippen LogP contribution in [0.1, 0.15) is 19.3 Å². The second kappa shape index (κ2) is 6.07. The maximum absolute atomic E-state index is 12.6. The van der Waals surface area contributed by atoms with Gasteiger partial charge in [0.05, 0.1) is 18.6 Å². The highest BCUT2D eigenvalue weighted by molar-refractivity contribution is 5.90. The first kappa shape index (κ1) is 15.2. The minimum atomic E-state index is -1.29. The maximum atomic E-state index is 12.6. The van der Waals surface area contributed by atoms with Crippen molar-refractivity contribution in [3.8, 4) is 0 Å². The van der Waals surface area contributed by atoms with Crippen LogP contribution in [0.2, 0.25) is 0 Å². The van der Waals surface area contributed by atoms with E-state index >= 15 is 0 Å². The van der Waals surface area contributed by atoms with Crippen molar-refractivity contribution in [2.75, 3.05) is 40.0 Å². The molecule has 0 radical (unpaired) electrons. The lowest BCUT2D eigenvalue weighted by Crippen LogP contribution is -2.61. The third kappa shape index (κ3) is 2.79. The molecule has 2 fully saturated rings. The minimum absolute atomic E-state index is 0.0232. The predicted octanol–water partition coefficient (Wildman–Crippen LogP) is -0.637. The highest BCUT2D eigenvalue weighted by Gasteiger charge is 2.48. The standard InChI is InChI=1S/C13H22N2O5/c1-19-8-12(2-5-14-6-3-12)10(16)15-13(11(17)18)4-7-20-9-13/h14H,2-9H2,1H3,(H,15,16)(H,17,18). The quantitative estimate of drug-likeness (QED) is 0.622. The molecular weight excluding hydrogens is 264 g/mol. The first-order chi connectivity index (χ1) is 9.55. The van der Waals surface area contributed by atoms with Crippen molar-refractivity contribution in [3.05, 3.63) is 0 Å². The number of ether oxygens (including phenoxy) is 2. The van der Waals surface area contributed by atoms with E-state index in [0.29, 0.717) is 32.5 Å². The maximum Gasteiger partial charge on any atom is 0.331 e. The third-order valence-corrected chi connectivity index (χ3v) is 4.25. The van der Waals surface area contributed by atoms with E-state index in [1.54, 1.807) is 7.11 Å². The van der Waals surface area contributed by atoms with Gasteiger partial charge in [-0.3, -0.25) is 4.79 Å². The Morgan fingerprint density at radius 1 is 1.35 bits per heavy atom. The van der Waals surface area contributed by atoms with Crippen molar-refractivity contribution in [2.45, 2.75) is 24.8 Å². The van der Waals surface area contributed by atoms with Crippen LogP contribution >= 0.6 is 0 Å². The van der Waals surface area contributed by atoms with Gasteiger partial charge in [0.1, 0.15) is 0 Å². The number of rotatable bonds is 5. The Kier molecular flexibility index (Phi) is 4.62.